The van der Waals surface area contributed by atoms with Crippen LogP contribution in [0.4, 0.5) is 0 Å². The molecule has 1 aromatic carbocycles. The second-order valence-corrected chi connectivity index (χ2v) is 5.97. The maximum Gasteiger partial charge on any atom is 0.100 e. The first-order chi connectivity index (χ1) is 8.58. The maximum absolute atomic E-state index is 10.2. The molecule has 0 radical (unpaired) electrons. The van der Waals surface area contributed by atoms with Gasteiger partial charge in [0.2, 0.25) is 0 Å². The second-order valence-electron chi connectivity index (χ2n) is 3.82. The lowest BCUT2D eigenvalue weighted by Gasteiger charge is -2.13. The van der Waals surface area contributed by atoms with Gasteiger partial charge in [-0.05, 0) is 29.8 Å². The van der Waals surface area contributed by atoms with Crippen LogP contribution in [0.25, 0.3) is 0 Å². The zero-order chi connectivity index (χ0) is 13.1. The monoisotopic (exact) mass is 389 g/mol. The van der Waals surface area contributed by atoms with E-state index in [1.165, 1.54) is 6.20 Å². The van der Waals surface area contributed by atoms with E-state index in [1.54, 1.807) is 12.1 Å². The molecule has 0 spiro atoms. The number of hydrogen-bond acceptors (Lipinski definition) is 2. The number of pyridine rings is 1. The molecular formula is C13H10Br2ClNO. The summed E-state index contributed by atoms with van der Waals surface area (Å²) in [5, 5.41) is 10.7. The third kappa shape index (κ3) is 3.32. The van der Waals surface area contributed by atoms with Crippen molar-refractivity contribution in [3.05, 3.63) is 61.8 Å². The lowest BCUT2D eigenvalue weighted by atomic mass is 10.1. The summed E-state index contributed by atoms with van der Waals surface area (Å²) in [4.78, 5) is 4.12. The Morgan fingerprint density at radius 3 is 2.39 bits per heavy atom. The predicted octanol–water partition coefficient (Wildman–Crippen LogP) is 4.54. The first-order valence-corrected chi connectivity index (χ1v) is 7.26. The van der Waals surface area contributed by atoms with E-state index in [4.69, 9.17) is 11.6 Å². The van der Waals surface area contributed by atoms with Crippen LogP contribution in [0.3, 0.4) is 0 Å². The highest BCUT2D eigenvalue weighted by Crippen LogP contribution is 2.29. The Balaban J connectivity index is 2.21. The number of aliphatic hydroxyl groups is 1. The van der Waals surface area contributed by atoms with Gasteiger partial charge in [-0.2, -0.15) is 0 Å². The molecule has 0 saturated carbocycles. The highest BCUT2D eigenvalue weighted by Gasteiger charge is 2.14. The van der Waals surface area contributed by atoms with E-state index in [9.17, 15) is 5.11 Å². The molecule has 0 aliphatic heterocycles. The van der Waals surface area contributed by atoms with Gasteiger partial charge in [0, 0.05) is 21.6 Å². The highest BCUT2D eigenvalue weighted by atomic mass is 79.9. The number of aliphatic hydroxyl groups excluding tert-OH is 1. The molecule has 0 aliphatic rings. The Bertz CT molecular complexity index is 525. The van der Waals surface area contributed by atoms with Crippen LogP contribution >= 0.6 is 43.5 Å². The molecule has 0 fully saturated rings. The van der Waals surface area contributed by atoms with Crippen molar-refractivity contribution in [3.63, 3.8) is 0 Å². The van der Waals surface area contributed by atoms with Crippen molar-refractivity contribution in [1.29, 1.82) is 0 Å². The van der Waals surface area contributed by atoms with E-state index in [-0.39, 0.29) is 0 Å². The molecule has 0 bridgehead atoms. The Morgan fingerprint density at radius 2 is 1.83 bits per heavy atom. The number of aromatic nitrogens is 1. The lowest BCUT2D eigenvalue weighted by molar-refractivity contribution is 0.173. The molecule has 1 N–H and O–H groups in total. The largest absolute Gasteiger partial charge is 0.386 e. The lowest BCUT2D eigenvalue weighted by Crippen LogP contribution is -2.05. The van der Waals surface area contributed by atoms with Gasteiger partial charge in [0.05, 0.1) is 10.7 Å². The molecule has 2 rings (SSSR count). The van der Waals surface area contributed by atoms with Crippen LogP contribution in [0.1, 0.15) is 17.4 Å². The SMILES string of the molecule is OC(Cc1c(Br)cccc1Br)c1ccc(Cl)cn1. The molecule has 1 unspecified atom stereocenters. The van der Waals surface area contributed by atoms with E-state index in [1.807, 2.05) is 18.2 Å². The summed E-state index contributed by atoms with van der Waals surface area (Å²) in [7, 11) is 0. The standard InChI is InChI=1S/C13H10Br2ClNO/c14-10-2-1-3-11(15)9(10)6-13(18)12-5-4-8(16)7-17-12/h1-5,7,13,18H,6H2. The van der Waals surface area contributed by atoms with Gasteiger partial charge in [-0.15, -0.1) is 0 Å². The van der Waals surface area contributed by atoms with Gasteiger partial charge < -0.3 is 5.11 Å². The van der Waals surface area contributed by atoms with Gasteiger partial charge in [-0.1, -0.05) is 49.5 Å². The normalized spacial score (nSPS) is 12.4. The molecule has 2 aromatic rings. The molecule has 0 saturated heterocycles. The van der Waals surface area contributed by atoms with E-state index in [0.29, 0.717) is 17.1 Å². The Hall–Kier alpha value is -0.420. The zero-order valence-electron chi connectivity index (χ0n) is 9.28. The fourth-order valence-corrected chi connectivity index (χ4v) is 3.04. The summed E-state index contributed by atoms with van der Waals surface area (Å²) in [6.07, 6.45) is 1.36. The van der Waals surface area contributed by atoms with Crippen molar-refractivity contribution in [2.45, 2.75) is 12.5 Å². The molecule has 94 valence electrons. The van der Waals surface area contributed by atoms with E-state index < -0.39 is 6.10 Å². The van der Waals surface area contributed by atoms with Crippen LogP contribution in [0, 0.1) is 0 Å². The third-order valence-electron chi connectivity index (χ3n) is 2.55. The van der Waals surface area contributed by atoms with Crippen LogP contribution in [0.2, 0.25) is 5.02 Å². The first-order valence-electron chi connectivity index (χ1n) is 5.30. The third-order valence-corrected chi connectivity index (χ3v) is 4.26. The van der Waals surface area contributed by atoms with Gasteiger partial charge in [0.15, 0.2) is 0 Å². The van der Waals surface area contributed by atoms with E-state index >= 15 is 0 Å². The molecule has 5 heteroatoms. The van der Waals surface area contributed by atoms with Crippen molar-refractivity contribution in [2.24, 2.45) is 0 Å². The topological polar surface area (TPSA) is 33.1 Å². The minimum absolute atomic E-state index is 0.483. The van der Waals surface area contributed by atoms with Gasteiger partial charge in [0.25, 0.3) is 0 Å². The fraction of sp³-hybridized carbons (Fsp3) is 0.154. The highest BCUT2D eigenvalue weighted by molar-refractivity contribution is 9.11. The van der Waals surface area contributed by atoms with Gasteiger partial charge in [-0.25, -0.2) is 0 Å². The fourth-order valence-electron chi connectivity index (χ4n) is 1.61. The molecule has 1 heterocycles. The van der Waals surface area contributed by atoms with Crippen molar-refractivity contribution >= 4 is 43.5 Å². The summed E-state index contributed by atoms with van der Waals surface area (Å²) in [6.45, 7) is 0. The first kappa shape index (κ1) is 14.0. The van der Waals surface area contributed by atoms with E-state index in [0.717, 1.165) is 14.5 Å². The Morgan fingerprint density at radius 1 is 1.17 bits per heavy atom. The van der Waals surface area contributed by atoms with Crippen LogP contribution in [0.15, 0.2) is 45.5 Å². The summed E-state index contributed by atoms with van der Waals surface area (Å²) >= 11 is 12.7. The minimum atomic E-state index is -0.655. The van der Waals surface area contributed by atoms with Crippen LogP contribution < -0.4 is 0 Å². The molecule has 2 nitrogen and oxygen atoms in total. The maximum atomic E-state index is 10.2. The summed E-state index contributed by atoms with van der Waals surface area (Å²) in [5.74, 6) is 0. The molecule has 18 heavy (non-hydrogen) atoms. The molecule has 0 amide bonds. The van der Waals surface area contributed by atoms with Gasteiger partial charge >= 0.3 is 0 Å². The quantitative estimate of drug-likeness (QED) is 0.834. The molecule has 1 aromatic heterocycles. The molecule has 1 atom stereocenters. The van der Waals surface area contributed by atoms with Crippen molar-refractivity contribution in [3.8, 4) is 0 Å². The number of halogens is 3. The van der Waals surface area contributed by atoms with E-state index in [2.05, 4.69) is 36.8 Å². The van der Waals surface area contributed by atoms with Crippen molar-refractivity contribution < 1.29 is 5.11 Å². The zero-order valence-corrected chi connectivity index (χ0v) is 13.2. The number of hydrogen-bond donors (Lipinski definition) is 1. The Labute approximate surface area is 127 Å². The summed E-state index contributed by atoms with van der Waals surface area (Å²) < 4.78 is 1.93. The Kier molecular flexibility index (Phi) is 4.78. The number of nitrogens with zero attached hydrogens (tertiary/aromatic N) is 1. The van der Waals surface area contributed by atoms with Crippen molar-refractivity contribution in [2.75, 3.05) is 0 Å². The average molecular weight is 391 g/mol. The minimum Gasteiger partial charge on any atom is -0.386 e. The van der Waals surface area contributed by atoms with Gasteiger partial charge in [-0.3, -0.25) is 4.98 Å². The number of benzene rings is 1. The second kappa shape index (κ2) is 6.15. The predicted molar refractivity (Wildman–Crippen MR) is 79.8 cm³/mol. The van der Waals surface area contributed by atoms with Gasteiger partial charge in [0.1, 0.15) is 6.10 Å². The van der Waals surface area contributed by atoms with Crippen molar-refractivity contribution in [1.82, 2.24) is 4.98 Å². The summed E-state index contributed by atoms with van der Waals surface area (Å²) in [5.41, 5.74) is 1.63. The molecular weight excluding hydrogens is 381 g/mol. The number of rotatable bonds is 3. The summed E-state index contributed by atoms with van der Waals surface area (Å²) in [6, 6.07) is 9.29. The smallest absolute Gasteiger partial charge is 0.100 e. The average Bonchev–Trinajstić information content (AvgIpc) is 2.34. The van der Waals surface area contributed by atoms with Crippen LogP contribution in [-0.2, 0) is 6.42 Å². The molecule has 0 aliphatic carbocycles. The van der Waals surface area contributed by atoms with Crippen LogP contribution in [-0.4, -0.2) is 10.1 Å². The van der Waals surface area contributed by atoms with Crippen LogP contribution in [0.5, 0.6) is 0 Å².